The lowest BCUT2D eigenvalue weighted by Crippen LogP contribution is -2.51. The molecule has 10 nitrogen and oxygen atoms in total. The van der Waals surface area contributed by atoms with Crippen LogP contribution in [0.3, 0.4) is 0 Å². The topological polar surface area (TPSA) is 125 Å². The largest absolute Gasteiger partial charge is 0.487 e. The van der Waals surface area contributed by atoms with Crippen molar-refractivity contribution < 1.29 is 23.1 Å². The Bertz CT molecular complexity index is 1080. The van der Waals surface area contributed by atoms with E-state index >= 15 is 0 Å². The molecular formula is C23H33N5O5S. The first kappa shape index (κ1) is 25.9. The first-order chi connectivity index (χ1) is 16.2. The lowest BCUT2D eigenvalue weighted by molar-refractivity contribution is 0.0813. The number of fused-ring (bicyclic) bond motifs is 1. The number of carbonyl (C=O) groups excluding carboxylic acids is 1. The van der Waals surface area contributed by atoms with Crippen LogP contribution in [0.5, 0.6) is 5.75 Å². The molecule has 0 unspecified atom stereocenters. The average Bonchev–Trinajstić information content (AvgIpc) is 2.84. The van der Waals surface area contributed by atoms with Gasteiger partial charge in [0.25, 0.3) is 0 Å². The molecule has 11 heteroatoms. The second-order valence-corrected chi connectivity index (χ2v) is 10.5. The Morgan fingerprint density at radius 3 is 2.68 bits per heavy atom. The summed E-state index contributed by atoms with van der Waals surface area (Å²) in [5, 5.41) is 12.6. The Labute approximate surface area is 201 Å². The number of hydrogen-bond donors (Lipinski definition) is 2. The third-order valence-electron chi connectivity index (χ3n) is 5.89. The number of likely N-dealkylation sites (N-methyl/N-ethyl adjacent to an activating group) is 1. The van der Waals surface area contributed by atoms with E-state index in [1.54, 1.807) is 43.4 Å². The van der Waals surface area contributed by atoms with Gasteiger partial charge in [0, 0.05) is 50.1 Å². The van der Waals surface area contributed by atoms with Gasteiger partial charge in [-0.1, -0.05) is 19.9 Å². The molecule has 34 heavy (non-hydrogen) atoms. The van der Waals surface area contributed by atoms with Gasteiger partial charge in [-0.3, -0.25) is 0 Å². The number of aromatic nitrogens is 2. The number of aliphatic hydroxyl groups is 1. The van der Waals surface area contributed by atoms with Gasteiger partial charge in [-0.25, -0.2) is 23.2 Å². The molecule has 1 aliphatic heterocycles. The van der Waals surface area contributed by atoms with E-state index in [1.807, 2.05) is 13.8 Å². The standard InChI is InChI=1S/C23H33N5O5S/c1-5-8-26-23(30)27(4)13-21-16(2)12-28(17(3)14-29)34(31,32)22-7-6-18(9-20(22)33-21)19-10-24-15-25-11-19/h6-7,9-11,15-17,21,29H,5,8,12-14H2,1-4H3,(H,26,30)/t16-,17-,21+/m0/s1. The number of amides is 2. The zero-order valence-electron chi connectivity index (χ0n) is 20.0. The number of aliphatic hydroxyl groups excluding tert-OH is 1. The highest BCUT2D eigenvalue weighted by atomic mass is 32.2. The molecule has 0 bridgehead atoms. The van der Waals surface area contributed by atoms with E-state index in [0.29, 0.717) is 12.1 Å². The van der Waals surface area contributed by atoms with E-state index < -0.39 is 22.2 Å². The highest BCUT2D eigenvalue weighted by Crippen LogP contribution is 2.36. The molecular weight excluding hydrogens is 458 g/mol. The van der Waals surface area contributed by atoms with Gasteiger partial charge in [-0.05, 0) is 31.0 Å². The third kappa shape index (κ3) is 5.65. The normalized spacial score (nSPS) is 20.9. The minimum atomic E-state index is -3.94. The molecule has 0 fully saturated rings. The summed E-state index contributed by atoms with van der Waals surface area (Å²) >= 11 is 0. The summed E-state index contributed by atoms with van der Waals surface area (Å²) in [7, 11) is -2.26. The van der Waals surface area contributed by atoms with E-state index in [1.165, 1.54) is 16.7 Å². The zero-order valence-corrected chi connectivity index (χ0v) is 20.8. The van der Waals surface area contributed by atoms with Gasteiger partial charge in [0.05, 0.1) is 13.2 Å². The van der Waals surface area contributed by atoms with Crippen molar-refractivity contribution in [1.82, 2.24) is 24.5 Å². The van der Waals surface area contributed by atoms with Crippen molar-refractivity contribution in [2.75, 3.05) is 33.3 Å². The van der Waals surface area contributed by atoms with Crippen LogP contribution in [-0.4, -0.2) is 84.2 Å². The summed E-state index contributed by atoms with van der Waals surface area (Å²) in [4.78, 5) is 22.1. The summed E-state index contributed by atoms with van der Waals surface area (Å²) in [6.45, 7) is 6.19. The molecule has 186 valence electrons. The Morgan fingerprint density at radius 1 is 1.32 bits per heavy atom. The molecule has 2 aromatic rings. The lowest BCUT2D eigenvalue weighted by atomic mass is 10.0. The quantitative estimate of drug-likeness (QED) is 0.607. The number of urea groups is 1. The van der Waals surface area contributed by atoms with Crippen LogP contribution in [0.25, 0.3) is 11.1 Å². The summed E-state index contributed by atoms with van der Waals surface area (Å²) < 4.78 is 34.7. The molecule has 1 aliphatic rings. The van der Waals surface area contributed by atoms with Crippen LogP contribution in [0.15, 0.2) is 41.8 Å². The summed E-state index contributed by atoms with van der Waals surface area (Å²) in [6, 6.07) is 4.02. The van der Waals surface area contributed by atoms with Gasteiger partial charge in [0.15, 0.2) is 0 Å². The number of sulfonamides is 1. The maximum atomic E-state index is 13.6. The first-order valence-corrected chi connectivity index (χ1v) is 12.8. The fourth-order valence-corrected chi connectivity index (χ4v) is 5.62. The molecule has 0 spiro atoms. The summed E-state index contributed by atoms with van der Waals surface area (Å²) in [5.41, 5.74) is 1.42. The molecule has 0 radical (unpaired) electrons. The molecule has 3 atom stereocenters. The van der Waals surface area contributed by atoms with Crippen molar-refractivity contribution in [3.05, 3.63) is 36.9 Å². The lowest BCUT2D eigenvalue weighted by Gasteiger charge is -2.37. The first-order valence-electron chi connectivity index (χ1n) is 11.4. The van der Waals surface area contributed by atoms with E-state index in [-0.39, 0.29) is 42.3 Å². The van der Waals surface area contributed by atoms with E-state index in [0.717, 1.165) is 12.0 Å². The van der Waals surface area contributed by atoms with Crippen LogP contribution in [0, 0.1) is 5.92 Å². The number of hydrogen-bond acceptors (Lipinski definition) is 7. The zero-order chi connectivity index (χ0) is 24.9. The van der Waals surface area contributed by atoms with E-state index in [4.69, 9.17) is 4.74 Å². The van der Waals surface area contributed by atoms with Gasteiger partial charge in [-0.15, -0.1) is 0 Å². The van der Waals surface area contributed by atoms with Crippen molar-refractivity contribution in [2.24, 2.45) is 5.92 Å². The minimum absolute atomic E-state index is 0.0170. The van der Waals surface area contributed by atoms with Crippen LogP contribution in [-0.2, 0) is 10.0 Å². The second-order valence-electron chi connectivity index (χ2n) is 8.64. The molecule has 0 aliphatic carbocycles. The van der Waals surface area contributed by atoms with Gasteiger partial charge in [0.1, 0.15) is 23.1 Å². The van der Waals surface area contributed by atoms with Crippen molar-refractivity contribution in [3.63, 3.8) is 0 Å². The number of ether oxygens (including phenoxy) is 1. The van der Waals surface area contributed by atoms with Crippen LogP contribution in [0.1, 0.15) is 27.2 Å². The molecule has 0 saturated heterocycles. The fraction of sp³-hybridized carbons (Fsp3) is 0.522. The molecule has 1 aromatic heterocycles. The Kier molecular flexibility index (Phi) is 8.45. The van der Waals surface area contributed by atoms with E-state index in [2.05, 4.69) is 15.3 Å². The number of nitrogens with zero attached hydrogens (tertiary/aromatic N) is 4. The van der Waals surface area contributed by atoms with Crippen molar-refractivity contribution in [2.45, 2.75) is 44.2 Å². The maximum absolute atomic E-state index is 13.6. The van der Waals surface area contributed by atoms with Crippen LogP contribution >= 0.6 is 0 Å². The molecule has 0 saturated carbocycles. The molecule has 1 aromatic carbocycles. The smallest absolute Gasteiger partial charge is 0.317 e. The Hall–Kier alpha value is -2.76. The number of carbonyl (C=O) groups is 1. The Balaban J connectivity index is 2.04. The van der Waals surface area contributed by atoms with Crippen molar-refractivity contribution in [1.29, 1.82) is 0 Å². The third-order valence-corrected chi connectivity index (χ3v) is 7.91. The molecule has 2 N–H and O–H groups in total. The van der Waals surface area contributed by atoms with Crippen molar-refractivity contribution >= 4 is 16.1 Å². The predicted molar refractivity (Wildman–Crippen MR) is 128 cm³/mol. The fourth-order valence-electron chi connectivity index (χ4n) is 3.79. The number of nitrogens with one attached hydrogen (secondary N) is 1. The Morgan fingerprint density at radius 2 is 2.03 bits per heavy atom. The van der Waals surface area contributed by atoms with Crippen LogP contribution in [0.2, 0.25) is 0 Å². The molecule has 2 amide bonds. The highest BCUT2D eigenvalue weighted by molar-refractivity contribution is 7.89. The minimum Gasteiger partial charge on any atom is -0.487 e. The van der Waals surface area contributed by atoms with Crippen LogP contribution in [0.4, 0.5) is 4.79 Å². The summed E-state index contributed by atoms with van der Waals surface area (Å²) in [6.07, 6.45) is 5.03. The predicted octanol–water partition coefficient (Wildman–Crippen LogP) is 1.96. The second kappa shape index (κ2) is 11.1. The molecule has 3 rings (SSSR count). The highest BCUT2D eigenvalue weighted by Gasteiger charge is 2.38. The van der Waals surface area contributed by atoms with Gasteiger partial charge >= 0.3 is 6.03 Å². The van der Waals surface area contributed by atoms with E-state index in [9.17, 15) is 18.3 Å². The van der Waals surface area contributed by atoms with Gasteiger partial charge < -0.3 is 20.1 Å². The van der Waals surface area contributed by atoms with Crippen LogP contribution < -0.4 is 10.1 Å². The monoisotopic (exact) mass is 491 g/mol. The van der Waals surface area contributed by atoms with Crippen molar-refractivity contribution in [3.8, 4) is 16.9 Å². The molecule has 2 heterocycles. The number of rotatable bonds is 7. The van der Waals surface area contributed by atoms with Gasteiger partial charge in [0.2, 0.25) is 10.0 Å². The number of benzene rings is 1. The summed E-state index contributed by atoms with van der Waals surface area (Å²) in [5.74, 6) is -0.0718. The SMILES string of the molecule is CCCNC(=O)N(C)C[C@H]1Oc2cc(-c3cncnc3)ccc2S(=O)(=O)N([C@@H](C)CO)C[C@@H]1C. The maximum Gasteiger partial charge on any atom is 0.317 e. The average molecular weight is 492 g/mol. The van der Waals surface area contributed by atoms with Gasteiger partial charge in [-0.2, -0.15) is 4.31 Å².